The summed E-state index contributed by atoms with van der Waals surface area (Å²) in [4.78, 5) is 28.1. The van der Waals surface area contributed by atoms with Gasteiger partial charge in [-0.25, -0.2) is 4.68 Å². The van der Waals surface area contributed by atoms with Crippen molar-refractivity contribution in [2.75, 3.05) is 5.32 Å². The smallest absolute Gasteiger partial charge is 0.248 e. The van der Waals surface area contributed by atoms with Crippen LogP contribution in [0.25, 0.3) is 23.0 Å². The van der Waals surface area contributed by atoms with Gasteiger partial charge < -0.3 is 11.1 Å². The van der Waals surface area contributed by atoms with Crippen molar-refractivity contribution in [3.63, 3.8) is 0 Å². The molecule has 2 aromatic carbocycles. The largest absolute Gasteiger partial charge is 0.369 e. The molecule has 2 amide bonds. The van der Waals surface area contributed by atoms with E-state index in [1.54, 1.807) is 47.4 Å². The van der Waals surface area contributed by atoms with Crippen molar-refractivity contribution in [1.29, 1.82) is 0 Å². The number of anilines is 1. The van der Waals surface area contributed by atoms with E-state index < -0.39 is 5.91 Å². The topological polar surface area (TPSA) is 103 Å². The summed E-state index contributed by atoms with van der Waals surface area (Å²) in [5.41, 5.74) is 9.73. The standard InChI is InChI=1S/C25H21N5O2/c26-23(31)15-18-7-4-5-11-22(18)28-24(32)13-12-20-17-30(21-9-2-1-3-10-21)29-25(20)19-8-6-14-27-16-19/h1-14,16-17H,15H2,(H2,26,31)(H,28,32). The Bertz CT molecular complexity index is 1260. The van der Waals surface area contributed by atoms with Gasteiger partial charge in [-0.2, -0.15) is 5.10 Å². The molecule has 2 aromatic heterocycles. The number of nitrogens with zero attached hydrogens (tertiary/aromatic N) is 3. The number of primary amides is 1. The zero-order valence-electron chi connectivity index (χ0n) is 17.2. The van der Waals surface area contributed by atoms with Crippen LogP contribution in [0.1, 0.15) is 11.1 Å². The Morgan fingerprint density at radius 2 is 1.78 bits per heavy atom. The number of rotatable bonds is 7. The lowest BCUT2D eigenvalue weighted by Gasteiger charge is -2.08. The van der Waals surface area contributed by atoms with E-state index in [2.05, 4.69) is 10.3 Å². The first-order valence-electron chi connectivity index (χ1n) is 10.0. The van der Waals surface area contributed by atoms with Crippen molar-refractivity contribution in [3.05, 3.63) is 103 Å². The molecule has 7 nitrogen and oxygen atoms in total. The van der Waals surface area contributed by atoms with Crippen LogP contribution in [0.5, 0.6) is 0 Å². The SMILES string of the molecule is NC(=O)Cc1ccccc1NC(=O)C=Cc1cn(-c2ccccc2)nc1-c1cccnc1. The van der Waals surface area contributed by atoms with Crippen molar-refractivity contribution < 1.29 is 9.59 Å². The maximum atomic E-state index is 12.6. The summed E-state index contributed by atoms with van der Waals surface area (Å²) in [6.45, 7) is 0. The van der Waals surface area contributed by atoms with Gasteiger partial charge in [0.25, 0.3) is 0 Å². The third-order valence-corrected chi connectivity index (χ3v) is 4.75. The Hall–Kier alpha value is -4.52. The monoisotopic (exact) mass is 423 g/mol. The first-order chi connectivity index (χ1) is 15.6. The van der Waals surface area contributed by atoms with Crippen LogP contribution in [-0.4, -0.2) is 26.6 Å². The number of amides is 2. The predicted octanol–water partition coefficient (Wildman–Crippen LogP) is 3.61. The number of pyridine rings is 1. The lowest BCUT2D eigenvalue weighted by Crippen LogP contribution is -2.16. The Balaban J connectivity index is 1.61. The van der Waals surface area contributed by atoms with E-state index in [9.17, 15) is 9.59 Å². The molecule has 0 unspecified atom stereocenters. The first kappa shape index (κ1) is 20.7. The van der Waals surface area contributed by atoms with E-state index >= 15 is 0 Å². The van der Waals surface area contributed by atoms with Crippen molar-refractivity contribution in [3.8, 4) is 16.9 Å². The predicted molar refractivity (Wildman–Crippen MR) is 124 cm³/mol. The maximum absolute atomic E-state index is 12.6. The number of nitrogens with one attached hydrogen (secondary N) is 1. The molecule has 32 heavy (non-hydrogen) atoms. The van der Waals surface area contributed by atoms with Gasteiger partial charge in [-0.3, -0.25) is 14.6 Å². The summed E-state index contributed by atoms with van der Waals surface area (Å²) in [5.74, 6) is -0.789. The fourth-order valence-electron chi connectivity index (χ4n) is 3.27. The fourth-order valence-corrected chi connectivity index (χ4v) is 3.27. The number of benzene rings is 2. The summed E-state index contributed by atoms with van der Waals surface area (Å²) in [6.07, 6.45) is 8.49. The molecule has 0 saturated carbocycles. The molecule has 0 radical (unpaired) electrons. The Labute approximate surface area is 185 Å². The van der Waals surface area contributed by atoms with Crippen molar-refractivity contribution >= 4 is 23.6 Å². The molecule has 0 aliphatic rings. The number of carbonyl (C=O) groups is 2. The average molecular weight is 423 g/mol. The second-order valence-corrected chi connectivity index (χ2v) is 7.08. The number of hydrogen-bond donors (Lipinski definition) is 2. The minimum Gasteiger partial charge on any atom is -0.369 e. The molecule has 0 saturated heterocycles. The minimum atomic E-state index is -0.461. The molecular weight excluding hydrogens is 402 g/mol. The van der Waals surface area contributed by atoms with Gasteiger partial charge in [0, 0.05) is 41.5 Å². The summed E-state index contributed by atoms with van der Waals surface area (Å²) in [5, 5.41) is 7.51. The van der Waals surface area contributed by atoms with Gasteiger partial charge in [0.2, 0.25) is 11.8 Å². The lowest BCUT2D eigenvalue weighted by molar-refractivity contribution is -0.117. The van der Waals surface area contributed by atoms with Gasteiger partial charge >= 0.3 is 0 Å². The van der Waals surface area contributed by atoms with E-state index in [0.29, 0.717) is 16.9 Å². The summed E-state index contributed by atoms with van der Waals surface area (Å²) >= 11 is 0. The Morgan fingerprint density at radius 1 is 1.00 bits per heavy atom. The number of aromatic nitrogens is 3. The molecule has 2 heterocycles. The summed E-state index contributed by atoms with van der Waals surface area (Å²) < 4.78 is 1.77. The van der Waals surface area contributed by atoms with Crippen molar-refractivity contribution in [1.82, 2.24) is 14.8 Å². The minimum absolute atomic E-state index is 0.0508. The first-order valence-corrected chi connectivity index (χ1v) is 10.0. The molecule has 158 valence electrons. The molecule has 0 fully saturated rings. The molecule has 7 heteroatoms. The van der Waals surface area contributed by atoms with Crippen LogP contribution in [0.4, 0.5) is 5.69 Å². The van der Waals surface area contributed by atoms with Crippen LogP contribution in [0.2, 0.25) is 0 Å². The van der Waals surface area contributed by atoms with Gasteiger partial charge in [-0.05, 0) is 42.0 Å². The normalized spacial score (nSPS) is 10.9. The molecule has 0 aliphatic heterocycles. The molecular formula is C25H21N5O2. The zero-order valence-corrected chi connectivity index (χ0v) is 17.2. The van der Waals surface area contributed by atoms with Crippen LogP contribution in [-0.2, 0) is 16.0 Å². The highest BCUT2D eigenvalue weighted by Crippen LogP contribution is 2.24. The second-order valence-electron chi connectivity index (χ2n) is 7.08. The third-order valence-electron chi connectivity index (χ3n) is 4.75. The molecule has 4 aromatic rings. The maximum Gasteiger partial charge on any atom is 0.248 e. The Kier molecular flexibility index (Phi) is 6.17. The summed E-state index contributed by atoms with van der Waals surface area (Å²) in [7, 11) is 0. The molecule has 0 spiro atoms. The number of carbonyl (C=O) groups excluding carboxylic acids is 2. The van der Waals surface area contributed by atoms with Crippen LogP contribution >= 0.6 is 0 Å². The highest BCUT2D eigenvalue weighted by molar-refractivity contribution is 6.03. The van der Waals surface area contributed by atoms with E-state index in [0.717, 1.165) is 16.8 Å². The van der Waals surface area contributed by atoms with E-state index in [-0.39, 0.29) is 12.3 Å². The molecule has 0 atom stereocenters. The van der Waals surface area contributed by atoms with Crippen LogP contribution in [0.3, 0.4) is 0 Å². The third kappa shape index (κ3) is 4.96. The molecule has 0 aliphatic carbocycles. The highest BCUT2D eigenvalue weighted by atomic mass is 16.1. The van der Waals surface area contributed by atoms with Crippen molar-refractivity contribution in [2.45, 2.75) is 6.42 Å². The van der Waals surface area contributed by atoms with Crippen molar-refractivity contribution in [2.24, 2.45) is 5.73 Å². The number of hydrogen-bond acceptors (Lipinski definition) is 4. The molecule has 0 bridgehead atoms. The number of para-hydroxylation sites is 2. The van der Waals surface area contributed by atoms with Gasteiger partial charge in [0.15, 0.2) is 0 Å². The van der Waals surface area contributed by atoms with E-state index in [1.807, 2.05) is 48.7 Å². The Morgan fingerprint density at radius 3 is 2.53 bits per heavy atom. The quantitative estimate of drug-likeness (QED) is 0.443. The second kappa shape index (κ2) is 9.53. The van der Waals surface area contributed by atoms with Crippen LogP contribution in [0, 0.1) is 0 Å². The van der Waals surface area contributed by atoms with Gasteiger partial charge in [-0.15, -0.1) is 0 Å². The van der Waals surface area contributed by atoms with Gasteiger partial charge in [-0.1, -0.05) is 36.4 Å². The molecule has 4 rings (SSSR count). The average Bonchev–Trinajstić information content (AvgIpc) is 3.24. The lowest BCUT2D eigenvalue weighted by atomic mass is 10.1. The van der Waals surface area contributed by atoms with Gasteiger partial charge in [0.1, 0.15) is 5.69 Å². The van der Waals surface area contributed by atoms with E-state index in [1.165, 1.54) is 6.08 Å². The highest BCUT2D eigenvalue weighted by Gasteiger charge is 2.12. The van der Waals surface area contributed by atoms with Crippen LogP contribution < -0.4 is 11.1 Å². The fraction of sp³-hybridized carbons (Fsp3) is 0.0400. The zero-order chi connectivity index (χ0) is 22.3. The summed E-state index contributed by atoms with van der Waals surface area (Å²) in [6, 6.07) is 20.6. The van der Waals surface area contributed by atoms with Crippen LogP contribution in [0.15, 0.2) is 91.4 Å². The van der Waals surface area contributed by atoms with Gasteiger partial charge in [0.05, 0.1) is 12.1 Å². The number of nitrogens with two attached hydrogens (primary N) is 1. The van der Waals surface area contributed by atoms with E-state index in [4.69, 9.17) is 10.8 Å². The molecule has 3 N–H and O–H groups in total.